The van der Waals surface area contributed by atoms with Crippen molar-refractivity contribution in [1.29, 1.82) is 0 Å². The molecular formula is C20H20O4S. The third-order valence-corrected chi connectivity index (χ3v) is 5.33. The van der Waals surface area contributed by atoms with Gasteiger partial charge in [0.1, 0.15) is 11.7 Å². The topological polar surface area (TPSA) is 52.6 Å². The van der Waals surface area contributed by atoms with E-state index in [1.165, 1.54) is 0 Å². The zero-order valence-electron chi connectivity index (χ0n) is 14.2. The van der Waals surface area contributed by atoms with Crippen LogP contribution in [0.3, 0.4) is 0 Å². The Labute approximate surface area is 151 Å². The molecule has 0 N–H and O–H groups in total. The van der Waals surface area contributed by atoms with Crippen LogP contribution >= 0.6 is 11.3 Å². The van der Waals surface area contributed by atoms with Gasteiger partial charge in [-0.2, -0.15) is 0 Å². The molecule has 0 amide bonds. The number of ether oxygens (including phenoxy) is 2. The fourth-order valence-electron chi connectivity index (χ4n) is 3.18. The van der Waals surface area contributed by atoms with Crippen molar-refractivity contribution in [3.63, 3.8) is 0 Å². The fraction of sp³-hybridized carbons (Fsp3) is 0.300. The van der Waals surface area contributed by atoms with E-state index in [0.717, 1.165) is 21.8 Å². The zero-order chi connectivity index (χ0) is 17.8. The molecule has 1 aromatic carbocycles. The van der Waals surface area contributed by atoms with Crippen molar-refractivity contribution in [2.75, 3.05) is 13.7 Å². The van der Waals surface area contributed by atoms with Crippen LogP contribution in [0.1, 0.15) is 29.7 Å². The molecule has 25 heavy (non-hydrogen) atoms. The van der Waals surface area contributed by atoms with Gasteiger partial charge in [0, 0.05) is 10.8 Å². The number of rotatable bonds is 5. The highest BCUT2D eigenvalue weighted by molar-refractivity contribution is 7.11. The second-order valence-corrected chi connectivity index (χ2v) is 6.81. The van der Waals surface area contributed by atoms with E-state index in [4.69, 9.17) is 9.47 Å². The molecule has 3 rings (SSSR count). The van der Waals surface area contributed by atoms with Crippen LogP contribution in [-0.4, -0.2) is 25.5 Å². The van der Waals surface area contributed by atoms with Gasteiger partial charge >= 0.3 is 5.97 Å². The van der Waals surface area contributed by atoms with Gasteiger partial charge in [0.25, 0.3) is 0 Å². The Bertz CT molecular complexity index is 775. The number of esters is 1. The van der Waals surface area contributed by atoms with Gasteiger partial charge in [0.15, 0.2) is 5.78 Å². The van der Waals surface area contributed by atoms with Gasteiger partial charge in [0.2, 0.25) is 0 Å². The third-order valence-electron chi connectivity index (χ3n) is 4.39. The van der Waals surface area contributed by atoms with Crippen molar-refractivity contribution in [2.24, 2.45) is 5.92 Å². The summed E-state index contributed by atoms with van der Waals surface area (Å²) in [7, 11) is 1.61. The molecule has 0 saturated heterocycles. The monoisotopic (exact) mass is 356 g/mol. The van der Waals surface area contributed by atoms with Gasteiger partial charge in [-0.25, -0.2) is 0 Å². The summed E-state index contributed by atoms with van der Waals surface area (Å²) in [5.41, 5.74) is 1.91. The average Bonchev–Trinajstić information content (AvgIpc) is 3.16. The average molecular weight is 356 g/mol. The molecule has 2 aromatic rings. The largest absolute Gasteiger partial charge is 0.497 e. The molecule has 130 valence electrons. The minimum Gasteiger partial charge on any atom is -0.497 e. The molecule has 0 unspecified atom stereocenters. The van der Waals surface area contributed by atoms with Crippen LogP contribution in [0.5, 0.6) is 5.75 Å². The Hall–Kier alpha value is -2.40. The Kier molecular flexibility index (Phi) is 5.34. The van der Waals surface area contributed by atoms with E-state index in [2.05, 4.69) is 0 Å². The minimum atomic E-state index is -0.794. The molecule has 2 atom stereocenters. The highest BCUT2D eigenvalue weighted by Crippen LogP contribution is 2.41. The van der Waals surface area contributed by atoms with Crippen molar-refractivity contribution >= 4 is 28.7 Å². The van der Waals surface area contributed by atoms with Crippen molar-refractivity contribution < 1.29 is 19.1 Å². The van der Waals surface area contributed by atoms with E-state index in [1.807, 2.05) is 41.8 Å². The molecule has 1 aromatic heterocycles. The van der Waals surface area contributed by atoms with Crippen molar-refractivity contribution in [3.8, 4) is 5.75 Å². The quantitative estimate of drug-likeness (QED) is 0.598. The summed E-state index contributed by atoms with van der Waals surface area (Å²) >= 11 is 1.60. The van der Waals surface area contributed by atoms with Crippen molar-refractivity contribution in [2.45, 2.75) is 19.3 Å². The van der Waals surface area contributed by atoms with Gasteiger partial charge in [-0.3, -0.25) is 9.59 Å². The smallest absolute Gasteiger partial charge is 0.317 e. The lowest BCUT2D eigenvalue weighted by atomic mass is 9.74. The van der Waals surface area contributed by atoms with Crippen LogP contribution in [-0.2, 0) is 14.3 Å². The number of benzene rings is 1. The number of allylic oxidation sites excluding steroid dienone is 2. The van der Waals surface area contributed by atoms with E-state index >= 15 is 0 Å². The number of ketones is 1. The van der Waals surface area contributed by atoms with Gasteiger partial charge in [0.05, 0.1) is 13.7 Å². The summed E-state index contributed by atoms with van der Waals surface area (Å²) in [5.74, 6) is -0.923. The first kappa shape index (κ1) is 17.4. The molecule has 1 aliphatic carbocycles. The predicted octanol–water partition coefficient (Wildman–Crippen LogP) is 4.08. The van der Waals surface area contributed by atoms with Crippen LogP contribution in [0, 0.1) is 5.92 Å². The van der Waals surface area contributed by atoms with Crippen LogP contribution < -0.4 is 4.74 Å². The molecule has 1 aliphatic rings. The summed E-state index contributed by atoms with van der Waals surface area (Å²) in [6.45, 7) is 2.01. The second kappa shape index (κ2) is 7.66. The van der Waals surface area contributed by atoms with Gasteiger partial charge in [-0.05, 0) is 54.1 Å². The van der Waals surface area contributed by atoms with E-state index in [9.17, 15) is 9.59 Å². The minimum absolute atomic E-state index is 0.186. The molecule has 4 nitrogen and oxygen atoms in total. The molecule has 5 heteroatoms. The zero-order valence-corrected chi connectivity index (χ0v) is 15.0. The number of methoxy groups -OCH3 is 1. The lowest BCUT2D eigenvalue weighted by Gasteiger charge is -2.29. The first-order valence-electron chi connectivity index (χ1n) is 8.23. The third kappa shape index (κ3) is 3.66. The van der Waals surface area contributed by atoms with E-state index in [1.54, 1.807) is 31.4 Å². The summed E-state index contributed by atoms with van der Waals surface area (Å²) in [6.07, 6.45) is 2.23. The molecule has 0 bridgehead atoms. The highest BCUT2D eigenvalue weighted by Gasteiger charge is 2.39. The molecule has 0 fully saturated rings. The summed E-state index contributed by atoms with van der Waals surface area (Å²) in [6, 6.07) is 11.5. The predicted molar refractivity (Wildman–Crippen MR) is 97.8 cm³/mol. The Balaban J connectivity index is 1.98. The SMILES string of the molecule is CCOC(=O)[C@H]1C(=O)C=C(c2cccs2)C[C@@H]1c1ccc(OC)cc1. The molecule has 1 heterocycles. The second-order valence-electron chi connectivity index (χ2n) is 5.86. The summed E-state index contributed by atoms with van der Waals surface area (Å²) < 4.78 is 10.4. The van der Waals surface area contributed by atoms with Crippen LogP contribution in [0.4, 0.5) is 0 Å². The Morgan fingerprint density at radius 2 is 2.00 bits per heavy atom. The Morgan fingerprint density at radius 3 is 2.60 bits per heavy atom. The van der Waals surface area contributed by atoms with Crippen LogP contribution in [0.15, 0.2) is 47.9 Å². The maximum atomic E-state index is 12.7. The van der Waals surface area contributed by atoms with E-state index in [0.29, 0.717) is 6.42 Å². The lowest BCUT2D eigenvalue weighted by Crippen LogP contribution is -2.33. The standard InChI is InChI=1S/C20H20O4S/c1-3-24-20(22)19-16(13-6-8-15(23-2)9-7-13)11-14(12-17(19)21)18-5-4-10-25-18/h4-10,12,16,19H,3,11H2,1-2H3/t16-,19-/m1/s1. The molecule has 0 radical (unpaired) electrons. The maximum Gasteiger partial charge on any atom is 0.317 e. The van der Waals surface area contributed by atoms with Crippen molar-refractivity contribution in [3.05, 3.63) is 58.3 Å². The first-order valence-corrected chi connectivity index (χ1v) is 9.11. The number of carbonyl (C=O) groups is 2. The van der Waals surface area contributed by atoms with E-state index in [-0.39, 0.29) is 18.3 Å². The molecule has 0 saturated carbocycles. The van der Waals surface area contributed by atoms with E-state index < -0.39 is 11.9 Å². The maximum absolute atomic E-state index is 12.7. The van der Waals surface area contributed by atoms with Crippen LogP contribution in [0.2, 0.25) is 0 Å². The molecular weight excluding hydrogens is 336 g/mol. The first-order chi connectivity index (χ1) is 12.1. The number of hydrogen-bond donors (Lipinski definition) is 0. The van der Waals surface area contributed by atoms with Crippen LogP contribution in [0.25, 0.3) is 5.57 Å². The van der Waals surface area contributed by atoms with Gasteiger partial charge in [-0.15, -0.1) is 11.3 Å². The number of thiophene rings is 1. The molecule has 0 spiro atoms. The normalized spacial score (nSPS) is 20.1. The molecule has 0 aliphatic heterocycles. The number of hydrogen-bond acceptors (Lipinski definition) is 5. The number of carbonyl (C=O) groups excluding carboxylic acids is 2. The van der Waals surface area contributed by atoms with Gasteiger partial charge < -0.3 is 9.47 Å². The lowest BCUT2D eigenvalue weighted by molar-refractivity contribution is -0.151. The summed E-state index contributed by atoms with van der Waals surface area (Å²) in [4.78, 5) is 26.2. The fourth-order valence-corrected chi connectivity index (χ4v) is 3.93. The summed E-state index contributed by atoms with van der Waals surface area (Å²) in [5, 5.41) is 1.99. The van der Waals surface area contributed by atoms with Gasteiger partial charge in [-0.1, -0.05) is 18.2 Å². The van der Waals surface area contributed by atoms with Crippen molar-refractivity contribution in [1.82, 2.24) is 0 Å². The highest BCUT2D eigenvalue weighted by atomic mass is 32.1. The Morgan fingerprint density at radius 1 is 1.24 bits per heavy atom.